The summed E-state index contributed by atoms with van der Waals surface area (Å²) >= 11 is 0. The Balaban J connectivity index is 3.77. The minimum Gasteiger partial charge on any atom is -0.459 e. The van der Waals surface area contributed by atoms with Crippen LogP contribution in [0, 0.1) is 11.3 Å². The van der Waals surface area contributed by atoms with Gasteiger partial charge in [-0.2, -0.15) is 5.26 Å². The fourth-order valence-corrected chi connectivity index (χ4v) is 1.09. The molecule has 114 valence electrons. The summed E-state index contributed by atoms with van der Waals surface area (Å²) < 4.78 is 20.9. The van der Waals surface area contributed by atoms with E-state index in [2.05, 4.69) is 6.58 Å². The first-order valence-corrected chi connectivity index (χ1v) is 6.42. The smallest absolute Gasteiger partial charge is 0.348 e. The summed E-state index contributed by atoms with van der Waals surface area (Å²) in [7, 11) is 1.63. The maximum Gasteiger partial charge on any atom is 0.348 e. The van der Waals surface area contributed by atoms with Crippen molar-refractivity contribution in [3.05, 3.63) is 12.2 Å². The van der Waals surface area contributed by atoms with Crippen molar-refractivity contribution in [3.63, 3.8) is 0 Å². The fraction of sp³-hybridized carbons (Fsp3) is 0.714. The zero-order valence-electron chi connectivity index (χ0n) is 12.5. The first kappa shape index (κ1) is 18.6. The van der Waals surface area contributed by atoms with Crippen LogP contribution in [0.3, 0.4) is 0 Å². The molecule has 0 heterocycles. The van der Waals surface area contributed by atoms with Crippen LogP contribution < -0.4 is 0 Å². The fourth-order valence-electron chi connectivity index (χ4n) is 1.09. The lowest BCUT2D eigenvalue weighted by atomic mass is 10.3. The number of ether oxygens (including phenoxy) is 4. The Kier molecular flexibility index (Phi) is 9.64. The lowest BCUT2D eigenvalue weighted by molar-refractivity contribution is -0.143. The van der Waals surface area contributed by atoms with Crippen LogP contribution in [0.25, 0.3) is 0 Å². The maximum absolute atomic E-state index is 11.2. The zero-order valence-corrected chi connectivity index (χ0v) is 12.5. The van der Waals surface area contributed by atoms with Gasteiger partial charge >= 0.3 is 5.97 Å². The summed E-state index contributed by atoms with van der Waals surface area (Å²) in [6.07, 6.45) is -0.330. The number of hydrogen-bond acceptors (Lipinski definition) is 6. The molecule has 6 nitrogen and oxygen atoms in total. The zero-order chi connectivity index (χ0) is 15.5. The summed E-state index contributed by atoms with van der Waals surface area (Å²) in [6, 6.07) is 1.63. The predicted octanol–water partition coefficient (Wildman–Crippen LogP) is 1.45. The lowest BCUT2D eigenvalue weighted by Gasteiger charge is -2.19. The van der Waals surface area contributed by atoms with Crippen LogP contribution in [0.5, 0.6) is 0 Å². The van der Waals surface area contributed by atoms with Gasteiger partial charge in [0.1, 0.15) is 18.2 Å². The van der Waals surface area contributed by atoms with Gasteiger partial charge in [-0.05, 0) is 20.8 Å². The van der Waals surface area contributed by atoms with Gasteiger partial charge in [0.2, 0.25) is 0 Å². The van der Waals surface area contributed by atoms with Gasteiger partial charge in [-0.15, -0.1) is 0 Å². The maximum atomic E-state index is 11.2. The lowest BCUT2D eigenvalue weighted by Crippen LogP contribution is -2.27. The molecule has 0 saturated carbocycles. The van der Waals surface area contributed by atoms with Gasteiger partial charge in [-0.3, -0.25) is 0 Å². The second-order valence-corrected chi connectivity index (χ2v) is 4.52. The summed E-state index contributed by atoms with van der Waals surface area (Å²) in [5.41, 5.74) is -0.220. The van der Waals surface area contributed by atoms with Crippen molar-refractivity contribution in [3.8, 4) is 6.07 Å². The van der Waals surface area contributed by atoms with E-state index in [0.29, 0.717) is 13.2 Å². The normalized spacial score (nSPS) is 14.9. The number of methoxy groups -OCH3 is 1. The highest BCUT2D eigenvalue weighted by atomic mass is 16.6. The van der Waals surface area contributed by atoms with Gasteiger partial charge in [0.05, 0.1) is 31.5 Å². The second-order valence-electron chi connectivity index (χ2n) is 4.52. The Morgan fingerprint density at radius 3 is 2.10 bits per heavy atom. The first-order valence-electron chi connectivity index (χ1n) is 6.42. The monoisotopic (exact) mass is 285 g/mol. The summed E-state index contributed by atoms with van der Waals surface area (Å²) in [5.74, 6) is -0.721. The average molecular weight is 285 g/mol. The van der Waals surface area contributed by atoms with Crippen LogP contribution in [-0.2, 0) is 23.7 Å². The summed E-state index contributed by atoms with van der Waals surface area (Å²) in [6.45, 7) is 9.78. The Morgan fingerprint density at radius 1 is 1.10 bits per heavy atom. The Hall–Kier alpha value is -1.42. The van der Waals surface area contributed by atoms with Crippen LogP contribution in [0.4, 0.5) is 0 Å². The molecule has 0 bridgehead atoms. The molecule has 6 heteroatoms. The minimum absolute atomic E-state index is 0.0350. The van der Waals surface area contributed by atoms with Crippen molar-refractivity contribution in [2.75, 3.05) is 26.9 Å². The molecule has 0 amide bonds. The van der Waals surface area contributed by atoms with Crippen molar-refractivity contribution in [2.24, 2.45) is 0 Å². The minimum atomic E-state index is -0.721. The van der Waals surface area contributed by atoms with Gasteiger partial charge in [-0.25, -0.2) is 4.79 Å². The van der Waals surface area contributed by atoms with Crippen LogP contribution in [0.15, 0.2) is 12.2 Å². The number of carbonyl (C=O) groups excluding carboxylic acids is 1. The molecule has 0 fully saturated rings. The molecule has 0 rings (SSSR count). The summed E-state index contributed by atoms with van der Waals surface area (Å²) in [4.78, 5) is 11.2. The Labute approximate surface area is 120 Å². The number of rotatable bonds is 10. The molecule has 0 aliphatic heterocycles. The molecule has 0 aliphatic carbocycles. The first-order chi connectivity index (χ1) is 9.40. The molecule has 3 atom stereocenters. The Bertz CT molecular complexity index is 350. The van der Waals surface area contributed by atoms with Gasteiger partial charge in [0.25, 0.3) is 0 Å². The summed E-state index contributed by atoms with van der Waals surface area (Å²) in [5, 5.41) is 8.46. The molecule has 3 unspecified atom stereocenters. The third-order valence-electron chi connectivity index (χ3n) is 2.46. The molecular formula is C14H23NO5. The number of nitriles is 1. The van der Waals surface area contributed by atoms with E-state index in [4.69, 9.17) is 24.2 Å². The number of esters is 1. The number of carbonyl (C=O) groups is 1. The average Bonchev–Trinajstić information content (AvgIpc) is 2.46. The van der Waals surface area contributed by atoms with Crippen molar-refractivity contribution in [1.82, 2.24) is 0 Å². The molecule has 0 aromatic heterocycles. The van der Waals surface area contributed by atoms with Gasteiger partial charge in [0.15, 0.2) is 0 Å². The van der Waals surface area contributed by atoms with Crippen LogP contribution in [0.1, 0.15) is 20.8 Å². The van der Waals surface area contributed by atoms with Crippen molar-refractivity contribution >= 4 is 5.97 Å². The third kappa shape index (κ3) is 8.64. The van der Waals surface area contributed by atoms with E-state index in [-0.39, 0.29) is 30.5 Å². The molecule has 0 aromatic carbocycles. The third-order valence-corrected chi connectivity index (χ3v) is 2.46. The standard InChI is InChI=1S/C14H23NO5/c1-10(6-15)14(16)20-9-13(4)19-8-12(3)18-7-11(2)17-5/h11-13H,1,7-9H2,2-5H3. The van der Waals surface area contributed by atoms with Gasteiger partial charge < -0.3 is 18.9 Å². The van der Waals surface area contributed by atoms with E-state index in [1.54, 1.807) is 20.1 Å². The SMILES string of the molecule is C=C(C#N)C(=O)OCC(C)OCC(C)OCC(C)OC. The van der Waals surface area contributed by atoms with Crippen LogP contribution in [-0.4, -0.2) is 51.2 Å². The van der Waals surface area contributed by atoms with E-state index < -0.39 is 5.97 Å². The number of nitrogens with zero attached hydrogens (tertiary/aromatic N) is 1. The van der Waals surface area contributed by atoms with E-state index >= 15 is 0 Å². The molecule has 0 aromatic rings. The molecule has 0 aliphatic rings. The van der Waals surface area contributed by atoms with Crippen molar-refractivity contribution in [1.29, 1.82) is 5.26 Å². The topological polar surface area (TPSA) is 77.8 Å². The van der Waals surface area contributed by atoms with E-state index in [1.165, 1.54) is 0 Å². The van der Waals surface area contributed by atoms with Crippen LogP contribution in [0.2, 0.25) is 0 Å². The molecular weight excluding hydrogens is 262 g/mol. The largest absolute Gasteiger partial charge is 0.459 e. The second kappa shape index (κ2) is 10.4. The van der Waals surface area contributed by atoms with Gasteiger partial charge in [-0.1, -0.05) is 6.58 Å². The highest BCUT2D eigenvalue weighted by molar-refractivity contribution is 5.91. The van der Waals surface area contributed by atoms with Crippen molar-refractivity contribution in [2.45, 2.75) is 39.1 Å². The molecule has 0 saturated heterocycles. The highest BCUT2D eigenvalue weighted by Gasteiger charge is 2.12. The van der Waals surface area contributed by atoms with Crippen LogP contribution >= 0.6 is 0 Å². The highest BCUT2D eigenvalue weighted by Crippen LogP contribution is 2.01. The predicted molar refractivity (Wildman–Crippen MR) is 73.0 cm³/mol. The Morgan fingerprint density at radius 2 is 1.60 bits per heavy atom. The molecule has 20 heavy (non-hydrogen) atoms. The van der Waals surface area contributed by atoms with Gasteiger partial charge in [0, 0.05) is 7.11 Å². The van der Waals surface area contributed by atoms with E-state index in [9.17, 15) is 4.79 Å². The molecule has 0 N–H and O–H groups in total. The van der Waals surface area contributed by atoms with E-state index in [0.717, 1.165) is 0 Å². The molecule has 0 radical (unpaired) electrons. The quantitative estimate of drug-likeness (QED) is 0.343. The van der Waals surface area contributed by atoms with E-state index in [1.807, 2.05) is 13.8 Å². The number of hydrogen-bond donors (Lipinski definition) is 0. The van der Waals surface area contributed by atoms with Crippen molar-refractivity contribution < 1.29 is 23.7 Å². The molecule has 0 spiro atoms.